The van der Waals surface area contributed by atoms with Crippen molar-refractivity contribution in [2.24, 2.45) is 4.99 Å². The second-order valence-electron chi connectivity index (χ2n) is 11.2. The van der Waals surface area contributed by atoms with Gasteiger partial charge in [0.2, 0.25) is 0 Å². The quantitative estimate of drug-likeness (QED) is 0.0509. The topological polar surface area (TPSA) is 57.1 Å². The van der Waals surface area contributed by atoms with Gasteiger partial charge < -0.3 is 14.2 Å². The van der Waals surface area contributed by atoms with Crippen LogP contribution >= 0.6 is 0 Å². The van der Waals surface area contributed by atoms with Gasteiger partial charge in [-0.05, 0) is 91.2 Å². The van der Waals surface area contributed by atoms with Gasteiger partial charge in [0.05, 0.1) is 24.5 Å². The molecule has 0 heterocycles. The molecular weight excluding hydrogens is 534 g/mol. The number of hydrogen-bond donors (Lipinski definition) is 0. The zero-order chi connectivity index (χ0) is 30.4. The maximum absolute atomic E-state index is 12.6. The summed E-state index contributed by atoms with van der Waals surface area (Å²) in [5.74, 6) is 1.74. The van der Waals surface area contributed by atoms with Gasteiger partial charge in [-0.2, -0.15) is 0 Å². The van der Waals surface area contributed by atoms with Gasteiger partial charge in [0.25, 0.3) is 0 Å². The van der Waals surface area contributed by atoms with Crippen molar-refractivity contribution in [2.45, 2.75) is 104 Å². The number of esters is 1. The third-order valence-electron chi connectivity index (χ3n) is 7.41. The lowest BCUT2D eigenvalue weighted by molar-refractivity contribution is 0.0734. The Kier molecular flexibility index (Phi) is 16.7. The number of nitrogens with zero attached hydrogens (tertiary/aromatic N) is 1. The van der Waals surface area contributed by atoms with Crippen molar-refractivity contribution >= 4 is 17.9 Å². The summed E-state index contributed by atoms with van der Waals surface area (Å²) in [6.07, 6.45) is 19.6. The lowest BCUT2D eigenvalue weighted by Gasteiger charge is -2.08. The lowest BCUT2D eigenvalue weighted by Crippen LogP contribution is -2.08. The molecule has 0 atom stereocenters. The third kappa shape index (κ3) is 14.4. The summed E-state index contributed by atoms with van der Waals surface area (Å²) in [6, 6.07) is 22.3. The minimum atomic E-state index is -0.393. The Labute approximate surface area is 259 Å². The Hall–Kier alpha value is -3.60. The van der Waals surface area contributed by atoms with Gasteiger partial charge in [0.15, 0.2) is 0 Å². The lowest BCUT2D eigenvalue weighted by atomic mass is 10.1. The molecule has 0 spiro atoms. The minimum Gasteiger partial charge on any atom is -0.494 e. The molecule has 0 radical (unpaired) electrons. The monoisotopic (exact) mass is 585 g/mol. The van der Waals surface area contributed by atoms with Crippen LogP contribution in [0.3, 0.4) is 0 Å². The Balaban J connectivity index is 1.32. The average molecular weight is 586 g/mol. The number of rotatable bonds is 22. The number of carbonyl (C=O) groups is 1. The number of hydrogen-bond acceptors (Lipinski definition) is 5. The highest BCUT2D eigenvalue weighted by Crippen LogP contribution is 2.20. The Bertz CT molecular complexity index is 1170. The van der Waals surface area contributed by atoms with Crippen LogP contribution in [0.4, 0.5) is 5.69 Å². The second-order valence-corrected chi connectivity index (χ2v) is 11.2. The molecule has 3 rings (SSSR count). The molecule has 0 aliphatic carbocycles. The third-order valence-corrected chi connectivity index (χ3v) is 7.41. The summed E-state index contributed by atoms with van der Waals surface area (Å²) in [4.78, 5) is 17.2. The summed E-state index contributed by atoms with van der Waals surface area (Å²) in [6.45, 7) is 5.92. The van der Waals surface area contributed by atoms with E-state index in [0.717, 1.165) is 42.2 Å². The zero-order valence-corrected chi connectivity index (χ0v) is 26.4. The number of unbranched alkanes of at least 4 members (excludes halogenated alkanes) is 12. The smallest absolute Gasteiger partial charge is 0.343 e. The fourth-order valence-corrected chi connectivity index (χ4v) is 4.75. The number of benzene rings is 3. The van der Waals surface area contributed by atoms with E-state index in [0.29, 0.717) is 17.9 Å². The van der Waals surface area contributed by atoms with Crippen molar-refractivity contribution in [3.8, 4) is 17.2 Å². The Morgan fingerprint density at radius 1 is 0.558 bits per heavy atom. The van der Waals surface area contributed by atoms with Crippen LogP contribution in [0.15, 0.2) is 77.8 Å². The van der Waals surface area contributed by atoms with Crippen molar-refractivity contribution in [3.05, 3.63) is 83.9 Å². The maximum Gasteiger partial charge on any atom is 0.343 e. The molecule has 0 unspecified atom stereocenters. The molecule has 0 N–H and O–H groups in total. The number of carbonyl (C=O) groups excluding carboxylic acids is 1. The molecule has 5 nitrogen and oxygen atoms in total. The number of aliphatic imine (C=N–C) groups is 1. The van der Waals surface area contributed by atoms with E-state index in [1.807, 2.05) is 48.5 Å². The van der Waals surface area contributed by atoms with E-state index in [1.54, 1.807) is 30.5 Å². The van der Waals surface area contributed by atoms with E-state index in [1.165, 1.54) is 77.0 Å². The summed E-state index contributed by atoms with van der Waals surface area (Å²) in [5, 5.41) is 0. The van der Waals surface area contributed by atoms with Crippen molar-refractivity contribution in [3.63, 3.8) is 0 Å². The predicted octanol–water partition coefficient (Wildman–Crippen LogP) is 10.9. The van der Waals surface area contributed by atoms with Crippen molar-refractivity contribution in [1.82, 2.24) is 0 Å². The van der Waals surface area contributed by atoms with E-state index in [9.17, 15) is 4.79 Å². The van der Waals surface area contributed by atoms with Crippen LogP contribution < -0.4 is 14.2 Å². The van der Waals surface area contributed by atoms with E-state index in [-0.39, 0.29) is 0 Å². The van der Waals surface area contributed by atoms with Crippen LogP contribution in [0.25, 0.3) is 0 Å². The molecule has 0 aliphatic heterocycles. The highest BCUT2D eigenvalue weighted by atomic mass is 16.5. The first-order valence-electron chi connectivity index (χ1n) is 16.5. The van der Waals surface area contributed by atoms with Crippen LogP contribution in [-0.2, 0) is 0 Å². The highest BCUT2D eigenvalue weighted by Gasteiger charge is 2.09. The van der Waals surface area contributed by atoms with Gasteiger partial charge in [-0.25, -0.2) is 4.79 Å². The molecule has 5 heteroatoms. The maximum atomic E-state index is 12.6. The summed E-state index contributed by atoms with van der Waals surface area (Å²) in [7, 11) is 0. The molecule has 0 saturated heterocycles. The molecule has 3 aromatic carbocycles. The van der Waals surface area contributed by atoms with Crippen molar-refractivity contribution in [2.75, 3.05) is 13.2 Å². The first kappa shape index (κ1) is 33.9. The van der Waals surface area contributed by atoms with E-state index in [4.69, 9.17) is 14.2 Å². The van der Waals surface area contributed by atoms with Crippen LogP contribution in [-0.4, -0.2) is 25.4 Å². The summed E-state index contributed by atoms with van der Waals surface area (Å²) >= 11 is 0. The zero-order valence-electron chi connectivity index (χ0n) is 26.4. The summed E-state index contributed by atoms with van der Waals surface area (Å²) in [5.41, 5.74) is 2.26. The molecule has 0 aliphatic rings. The number of ether oxygens (including phenoxy) is 3. The Morgan fingerprint density at radius 2 is 1.00 bits per heavy atom. The standard InChI is InChI=1S/C38H51NO4/c1-3-5-7-9-10-11-12-13-14-16-30-41-35-25-19-33(20-26-35)38(40)43-37-23-17-32(18-24-37)31-39-34-21-27-36(28-22-34)42-29-15-8-6-4-2/h17-28,31H,3-16,29-30H2,1-2H3. The molecule has 3 aromatic rings. The van der Waals surface area contributed by atoms with Gasteiger partial charge in [0.1, 0.15) is 17.2 Å². The van der Waals surface area contributed by atoms with Gasteiger partial charge in [0, 0.05) is 6.21 Å². The average Bonchev–Trinajstić information content (AvgIpc) is 3.04. The second kappa shape index (κ2) is 21.1. The Morgan fingerprint density at radius 3 is 1.53 bits per heavy atom. The first-order valence-corrected chi connectivity index (χ1v) is 16.5. The fraction of sp³-hybridized carbons (Fsp3) is 0.474. The summed E-state index contributed by atoms with van der Waals surface area (Å²) < 4.78 is 17.2. The molecule has 0 amide bonds. The van der Waals surface area contributed by atoms with Crippen molar-refractivity contribution in [1.29, 1.82) is 0 Å². The van der Waals surface area contributed by atoms with Gasteiger partial charge in [-0.15, -0.1) is 0 Å². The van der Waals surface area contributed by atoms with Gasteiger partial charge in [-0.1, -0.05) is 90.9 Å². The molecule has 43 heavy (non-hydrogen) atoms. The van der Waals surface area contributed by atoms with Crippen LogP contribution in [0.1, 0.15) is 120 Å². The van der Waals surface area contributed by atoms with Crippen LogP contribution in [0, 0.1) is 0 Å². The van der Waals surface area contributed by atoms with E-state index >= 15 is 0 Å². The first-order chi connectivity index (χ1) is 21.2. The predicted molar refractivity (Wildman–Crippen MR) is 179 cm³/mol. The minimum absolute atomic E-state index is 0.393. The van der Waals surface area contributed by atoms with Crippen LogP contribution in [0.2, 0.25) is 0 Å². The van der Waals surface area contributed by atoms with Gasteiger partial charge in [-0.3, -0.25) is 4.99 Å². The van der Waals surface area contributed by atoms with E-state index in [2.05, 4.69) is 18.8 Å². The molecule has 232 valence electrons. The van der Waals surface area contributed by atoms with Crippen molar-refractivity contribution < 1.29 is 19.0 Å². The molecule has 0 bridgehead atoms. The fourth-order valence-electron chi connectivity index (χ4n) is 4.75. The normalized spacial score (nSPS) is 11.1. The molecular formula is C38H51NO4. The molecule has 0 fully saturated rings. The molecule has 0 saturated carbocycles. The van der Waals surface area contributed by atoms with Crippen LogP contribution in [0.5, 0.6) is 17.2 Å². The molecule has 0 aromatic heterocycles. The van der Waals surface area contributed by atoms with E-state index < -0.39 is 5.97 Å². The highest BCUT2D eigenvalue weighted by molar-refractivity contribution is 5.91. The SMILES string of the molecule is CCCCCCCCCCCCOc1ccc(C(=O)Oc2ccc(C=Nc3ccc(OCCCCCC)cc3)cc2)cc1. The van der Waals surface area contributed by atoms with Gasteiger partial charge >= 0.3 is 5.97 Å². The largest absolute Gasteiger partial charge is 0.494 e.